The third-order valence-electron chi connectivity index (χ3n) is 3.91. The Bertz CT molecular complexity index is 571. The number of nitrogens with one attached hydrogen (secondary N) is 1. The van der Waals surface area contributed by atoms with Gasteiger partial charge in [-0.2, -0.15) is 5.10 Å². The van der Waals surface area contributed by atoms with Gasteiger partial charge in [0.25, 0.3) is 0 Å². The number of aromatic nitrogens is 2. The van der Waals surface area contributed by atoms with Crippen molar-refractivity contribution in [3.63, 3.8) is 0 Å². The van der Waals surface area contributed by atoms with Crippen molar-refractivity contribution in [2.45, 2.75) is 39.3 Å². The van der Waals surface area contributed by atoms with E-state index in [9.17, 15) is 0 Å². The standard InChI is InChI=1S/C16H21N3/c1-3-19-14(10-12(2)18-19)11-16-15-7-5-4-6-13(15)8-9-17-16/h4-7,10,16-17H,3,8-9,11H2,1-2H3. The van der Waals surface area contributed by atoms with Crippen molar-refractivity contribution in [1.82, 2.24) is 15.1 Å². The van der Waals surface area contributed by atoms with E-state index in [-0.39, 0.29) is 0 Å². The van der Waals surface area contributed by atoms with Gasteiger partial charge in [0.05, 0.1) is 5.69 Å². The summed E-state index contributed by atoms with van der Waals surface area (Å²) < 4.78 is 2.12. The molecule has 1 aliphatic heterocycles. The van der Waals surface area contributed by atoms with Gasteiger partial charge in [-0.3, -0.25) is 4.68 Å². The van der Waals surface area contributed by atoms with E-state index < -0.39 is 0 Å². The quantitative estimate of drug-likeness (QED) is 0.913. The largest absolute Gasteiger partial charge is 0.309 e. The van der Waals surface area contributed by atoms with Gasteiger partial charge in [-0.05, 0) is 44.0 Å². The van der Waals surface area contributed by atoms with Crippen LogP contribution >= 0.6 is 0 Å². The third-order valence-corrected chi connectivity index (χ3v) is 3.91. The molecule has 3 nitrogen and oxygen atoms in total. The maximum Gasteiger partial charge on any atom is 0.0596 e. The molecule has 100 valence electrons. The van der Waals surface area contributed by atoms with Gasteiger partial charge >= 0.3 is 0 Å². The molecule has 0 bridgehead atoms. The van der Waals surface area contributed by atoms with Gasteiger partial charge in [-0.1, -0.05) is 24.3 Å². The molecular weight excluding hydrogens is 234 g/mol. The van der Waals surface area contributed by atoms with Crippen LogP contribution in [0.3, 0.4) is 0 Å². The van der Waals surface area contributed by atoms with Crippen LogP contribution in [0.4, 0.5) is 0 Å². The summed E-state index contributed by atoms with van der Waals surface area (Å²) in [5, 5.41) is 8.18. The third kappa shape index (κ3) is 2.43. The Morgan fingerprint density at radius 1 is 1.37 bits per heavy atom. The van der Waals surface area contributed by atoms with E-state index in [1.54, 1.807) is 0 Å². The molecule has 0 saturated carbocycles. The number of nitrogens with zero attached hydrogens (tertiary/aromatic N) is 2. The van der Waals surface area contributed by atoms with Crippen LogP contribution in [-0.2, 0) is 19.4 Å². The lowest BCUT2D eigenvalue weighted by Crippen LogP contribution is -2.31. The number of rotatable bonds is 3. The highest BCUT2D eigenvalue weighted by atomic mass is 15.3. The van der Waals surface area contributed by atoms with Crippen molar-refractivity contribution in [2.75, 3.05) is 6.54 Å². The van der Waals surface area contributed by atoms with Crippen molar-refractivity contribution in [1.29, 1.82) is 0 Å². The van der Waals surface area contributed by atoms with Gasteiger partial charge in [-0.15, -0.1) is 0 Å². The molecule has 0 amide bonds. The Kier molecular flexibility index (Phi) is 3.38. The van der Waals surface area contributed by atoms with Crippen LogP contribution in [0.2, 0.25) is 0 Å². The summed E-state index contributed by atoms with van der Waals surface area (Å²) in [5.74, 6) is 0. The Morgan fingerprint density at radius 2 is 2.21 bits per heavy atom. The first kappa shape index (κ1) is 12.4. The second-order valence-electron chi connectivity index (χ2n) is 5.25. The predicted octanol–water partition coefficient (Wildman–Crippen LogP) is 2.64. The topological polar surface area (TPSA) is 29.9 Å². The first-order valence-electron chi connectivity index (χ1n) is 7.12. The van der Waals surface area contributed by atoms with Crippen LogP contribution in [0.25, 0.3) is 0 Å². The van der Waals surface area contributed by atoms with Gasteiger partial charge in [0.15, 0.2) is 0 Å². The molecule has 2 aromatic rings. The molecule has 1 aromatic heterocycles. The zero-order chi connectivity index (χ0) is 13.2. The number of fused-ring (bicyclic) bond motifs is 1. The van der Waals surface area contributed by atoms with Crippen LogP contribution in [-0.4, -0.2) is 16.3 Å². The lowest BCUT2D eigenvalue weighted by molar-refractivity contribution is 0.481. The van der Waals surface area contributed by atoms with E-state index in [1.807, 2.05) is 0 Å². The minimum absolute atomic E-state index is 0.423. The summed E-state index contributed by atoms with van der Waals surface area (Å²) in [5.41, 5.74) is 5.39. The van der Waals surface area contributed by atoms with Crippen LogP contribution in [0.15, 0.2) is 30.3 Å². The summed E-state index contributed by atoms with van der Waals surface area (Å²) in [4.78, 5) is 0. The van der Waals surface area contributed by atoms with Gasteiger partial charge in [0.2, 0.25) is 0 Å². The molecule has 1 aromatic carbocycles. The van der Waals surface area contributed by atoms with E-state index in [0.717, 1.165) is 31.6 Å². The minimum Gasteiger partial charge on any atom is -0.309 e. The smallest absolute Gasteiger partial charge is 0.0596 e. The van der Waals surface area contributed by atoms with Gasteiger partial charge < -0.3 is 5.32 Å². The fraction of sp³-hybridized carbons (Fsp3) is 0.438. The molecule has 2 heterocycles. The maximum absolute atomic E-state index is 4.54. The molecule has 1 aliphatic rings. The van der Waals surface area contributed by atoms with E-state index >= 15 is 0 Å². The van der Waals surface area contributed by atoms with Crippen molar-refractivity contribution >= 4 is 0 Å². The van der Waals surface area contributed by atoms with Crippen LogP contribution in [0.1, 0.15) is 35.5 Å². The van der Waals surface area contributed by atoms with Gasteiger partial charge in [0.1, 0.15) is 0 Å². The summed E-state index contributed by atoms with van der Waals surface area (Å²) in [6.45, 7) is 6.23. The van der Waals surface area contributed by atoms with Gasteiger partial charge in [-0.25, -0.2) is 0 Å². The lowest BCUT2D eigenvalue weighted by Gasteiger charge is -2.27. The van der Waals surface area contributed by atoms with Crippen molar-refractivity contribution in [2.24, 2.45) is 0 Å². The molecule has 0 radical (unpaired) electrons. The van der Waals surface area contributed by atoms with E-state index in [2.05, 4.69) is 59.3 Å². The summed E-state index contributed by atoms with van der Waals surface area (Å²) in [7, 11) is 0. The molecular formula is C16H21N3. The summed E-state index contributed by atoms with van der Waals surface area (Å²) in [6, 6.07) is 11.4. The first-order valence-corrected chi connectivity index (χ1v) is 7.12. The number of hydrogen-bond donors (Lipinski definition) is 1. The van der Waals surface area contributed by atoms with Crippen LogP contribution < -0.4 is 5.32 Å². The monoisotopic (exact) mass is 255 g/mol. The summed E-state index contributed by atoms with van der Waals surface area (Å²) >= 11 is 0. The van der Waals surface area contributed by atoms with Crippen molar-refractivity contribution in [3.05, 3.63) is 52.8 Å². The first-order chi connectivity index (χ1) is 9.28. The van der Waals surface area contributed by atoms with Crippen LogP contribution in [0, 0.1) is 6.92 Å². The Morgan fingerprint density at radius 3 is 3.05 bits per heavy atom. The number of hydrogen-bond acceptors (Lipinski definition) is 2. The van der Waals surface area contributed by atoms with Crippen molar-refractivity contribution in [3.8, 4) is 0 Å². The second-order valence-corrected chi connectivity index (χ2v) is 5.25. The lowest BCUT2D eigenvalue weighted by atomic mass is 9.92. The average molecular weight is 255 g/mol. The molecule has 19 heavy (non-hydrogen) atoms. The highest BCUT2D eigenvalue weighted by Gasteiger charge is 2.20. The second kappa shape index (κ2) is 5.17. The molecule has 1 N–H and O–H groups in total. The molecule has 0 spiro atoms. The molecule has 0 saturated heterocycles. The SMILES string of the molecule is CCn1nc(C)cc1CC1NCCc2ccccc21. The van der Waals surface area contributed by atoms with E-state index in [0.29, 0.717) is 6.04 Å². The Labute approximate surface area is 114 Å². The van der Waals surface area contributed by atoms with Crippen LogP contribution in [0.5, 0.6) is 0 Å². The molecule has 0 fully saturated rings. The molecule has 1 atom stereocenters. The van der Waals surface area contributed by atoms with E-state index in [1.165, 1.54) is 16.8 Å². The maximum atomic E-state index is 4.54. The fourth-order valence-corrected chi connectivity index (χ4v) is 3.02. The van der Waals surface area contributed by atoms with E-state index in [4.69, 9.17) is 0 Å². The number of benzene rings is 1. The molecule has 3 rings (SSSR count). The zero-order valence-corrected chi connectivity index (χ0v) is 11.7. The average Bonchev–Trinajstić information content (AvgIpc) is 2.79. The molecule has 1 unspecified atom stereocenters. The predicted molar refractivity (Wildman–Crippen MR) is 77.2 cm³/mol. The highest BCUT2D eigenvalue weighted by Crippen LogP contribution is 2.25. The van der Waals surface area contributed by atoms with Crippen molar-refractivity contribution < 1.29 is 0 Å². The normalized spacial score (nSPS) is 18.3. The van der Waals surface area contributed by atoms with Gasteiger partial charge in [0, 0.05) is 24.7 Å². The molecule has 3 heteroatoms. The summed E-state index contributed by atoms with van der Waals surface area (Å²) in [6.07, 6.45) is 2.16. The highest BCUT2D eigenvalue weighted by molar-refractivity contribution is 5.33. The minimum atomic E-state index is 0.423. The fourth-order valence-electron chi connectivity index (χ4n) is 3.02. The Balaban J connectivity index is 1.88. The Hall–Kier alpha value is -1.61. The number of aryl methyl sites for hydroxylation is 2. The molecule has 0 aliphatic carbocycles. The zero-order valence-electron chi connectivity index (χ0n) is 11.7.